The van der Waals surface area contributed by atoms with Gasteiger partial charge in [0, 0.05) is 0 Å². The van der Waals surface area contributed by atoms with Crippen LogP contribution < -0.4 is 4.74 Å². The van der Waals surface area contributed by atoms with E-state index in [-0.39, 0.29) is 28.7 Å². The van der Waals surface area contributed by atoms with Crippen molar-refractivity contribution in [1.82, 2.24) is 0 Å². The first-order valence-corrected chi connectivity index (χ1v) is 5.33. The summed E-state index contributed by atoms with van der Waals surface area (Å²) in [4.78, 5) is 10.8. The summed E-state index contributed by atoms with van der Waals surface area (Å²) in [5.74, 6) is -1.15. The number of rotatable bonds is 4. The van der Waals surface area contributed by atoms with Crippen molar-refractivity contribution < 1.29 is 23.4 Å². The van der Waals surface area contributed by atoms with E-state index < -0.39 is 11.8 Å². The van der Waals surface area contributed by atoms with Gasteiger partial charge < -0.3 is 14.3 Å². The standard InChI is InChI=1S/C12H8ClFO4/c13-9-5-7(14)1-2-10(9)18-6-11-8(12(15)16)3-4-17-11/h1-5H,6H2,(H,15,16). The molecule has 2 aromatic rings. The molecule has 0 bridgehead atoms. The van der Waals surface area contributed by atoms with E-state index in [1.165, 1.54) is 24.5 Å². The van der Waals surface area contributed by atoms with E-state index >= 15 is 0 Å². The van der Waals surface area contributed by atoms with Gasteiger partial charge in [0.1, 0.15) is 23.7 Å². The summed E-state index contributed by atoms with van der Waals surface area (Å²) in [7, 11) is 0. The van der Waals surface area contributed by atoms with E-state index in [4.69, 9.17) is 25.9 Å². The van der Waals surface area contributed by atoms with Crippen molar-refractivity contribution in [2.24, 2.45) is 0 Å². The van der Waals surface area contributed by atoms with Crippen molar-refractivity contribution in [2.45, 2.75) is 6.61 Å². The van der Waals surface area contributed by atoms with Gasteiger partial charge in [-0.2, -0.15) is 0 Å². The molecule has 0 amide bonds. The number of halogens is 2. The van der Waals surface area contributed by atoms with Crippen LogP contribution in [0.4, 0.5) is 4.39 Å². The number of aromatic carboxylic acids is 1. The van der Waals surface area contributed by atoms with Crippen molar-refractivity contribution in [3.05, 3.63) is 52.7 Å². The molecule has 1 aromatic carbocycles. The lowest BCUT2D eigenvalue weighted by molar-refractivity contribution is 0.0692. The maximum absolute atomic E-state index is 12.8. The smallest absolute Gasteiger partial charge is 0.339 e. The monoisotopic (exact) mass is 270 g/mol. The number of hydrogen-bond donors (Lipinski definition) is 1. The van der Waals surface area contributed by atoms with Gasteiger partial charge in [0.15, 0.2) is 5.76 Å². The fourth-order valence-electron chi connectivity index (χ4n) is 1.38. The zero-order valence-corrected chi connectivity index (χ0v) is 9.78. The summed E-state index contributed by atoms with van der Waals surface area (Å²) in [5, 5.41) is 8.96. The van der Waals surface area contributed by atoms with Crippen molar-refractivity contribution in [3.8, 4) is 5.75 Å². The Bertz CT molecular complexity index is 579. The molecule has 18 heavy (non-hydrogen) atoms. The molecule has 1 aromatic heterocycles. The van der Waals surface area contributed by atoms with Crippen LogP contribution in [0.5, 0.6) is 5.75 Å². The van der Waals surface area contributed by atoms with Crippen LogP contribution in [-0.2, 0) is 6.61 Å². The second-order valence-corrected chi connectivity index (χ2v) is 3.83. The van der Waals surface area contributed by atoms with Gasteiger partial charge in [-0.25, -0.2) is 9.18 Å². The normalized spacial score (nSPS) is 10.3. The van der Waals surface area contributed by atoms with E-state index in [1.54, 1.807) is 0 Å². The van der Waals surface area contributed by atoms with E-state index in [0.29, 0.717) is 0 Å². The van der Waals surface area contributed by atoms with Crippen LogP contribution in [0.15, 0.2) is 34.9 Å². The van der Waals surface area contributed by atoms with Crippen LogP contribution >= 0.6 is 11.6 Å². The lowest BCUT2D eigenvalue weighted by Gasteiger charge is -2.06. The average Bonchev–Trinajstić information content (AvgIpc) is 2.76. The van der Waals surface area contributed by atoms with E-state index in [2.05, 4.69) is 0 Å². The second-order valence-electron chi connectivity index (χ2n) is 3.43. The number of carboxylic acid groups (broad SMARTS) is 1. The highest BCUT2D eigenvalue weighted by atomic mass is 35.5. The van der Waals surface area contributed by atoms with Gasteiger partial charge in [0.05, 0.1) is 11.3 Å². The van der Waals surface area contributed by atoms with E-state index in [9.17, 15) is 9.18 Å². The van der Waals surface area contributed by atoms with E-state index in [0.717, 1.165) is 6.07 Å². The Morgan fingerprint density at radius 3 is 2.89 bits per heavy atom. The number of carboxylic acids is 1. The molecule has 0 atom stereocenters. The van der Waals surface area contributed by atoms with Crippen LogP contribution in [0.25, 0.3) is 0 Å². The van der Waals surface area contributed by atoms with Crippen LogP contribution in [-0.4, -0.2) is 11.1 Å². The quantitative estimate of drug-likeness (QED) is 0.925. The molecule has 0 fully saturated rings. The van der Waals surface area contributed by atoms with Crippen LogP contribution in [0.2, 0.25) is 5.02 Å². The molecule has 0 saturated carbocycles. The third kappa shape index (κ3) is 2.62. The Labute approximate surface area is 107 Å². The molecule has 2 rings (SSSR count). The first kappa shape index (κ1) is 12.4. The molecule has 6 heteroatoms. The van der Waals surface area contributed by atoms with Crippen LogP contribution in [0.3, 0.4) is 0 Å². The van der Waals surface area contributed by atoms with Gasteiger partial charge in [-0.15, -0.1) is 0 Å². The summed E-state index contributed by atoms with van der Waals surface area (Å²) in [6.07, 6.45) is 1.26. The molecule has 4 nitrogen and oxygen atoms in total. The molecule has 0 aliphatic carbocycles. The number of carbonyl (C=O) groups is 1. The third-order valence-electron chi connectivity index (χ3n) is 2.23. The number of ether oxygens (including phenoxy) is 1. The zero-order chi connectivity index (χ0) is 13.1. The molecule has 0 saturated heterocycles. The Hall–Kier alpha value is -2.01. The maximum Gasteiger partial charge on any atom is 0.339 e. The first-order valence-electron chi connectivity index (χ1n) is 4.95. The van der Waals surface area contributed by atoms with Crippen molar-refractivity contribution in [1.29, 1.82) is 0 Å². The highest BCUT2D eigenvalue weighted by Crippen LogP contribution is 2.26. The Morgan fingerprint density at radius 2 is 2.22 bits per heavy atom. The topological polar surface area (TPSA) is 59.7 Å². The van der Waals surface area contributed by atoms with Gasteiger partial charge in [-0.3, -0.25) is 0 Å². The zero-order valence-electron chi connectivity index (χ0n) is 9.02. The lowest BCUT2D eigenvalue weighted by Crippen LogP contribution is -2.02. The molecule has 0 aliphatic heterocycles. The van der Waals surface area contributed by atoms with Gasteiger partial charge in [0.2, 0.25) is 0 Å². The highest BCUT2D eigenvalue weighted by molar-refractivity contribution is 6.32. The van der Waals surface area contributed by atoms with Gasteiger partial charge in [-0.1, -0.05) is 11.6 Å². The fraction of sp³-hybridized carbons (Fsp3) is 0.0833. The molecule has 0 unspecified atom stereocenters. The lowest BCUT2D eigenvalue weighted by atomic mass is 10.2. The maximum atomic E-state index is 12.8. The predicted molar refractivity (Wildman–Crippen MR) is 61.4 cm³/mol. The minimum absolute atomic E-state index is 0.0215. The highest BCUT2D eigenvalue weighted by Gasteiger charge is 2.14. The van der Waals surface area contributed by atoms with Gasteiger partial charge in [-0.05, 0) is 24.3 Å². The van der Waals surface area contributed by atoms with Gasteiger partial charge >= 0.3 is 5.97 Å². The van der Waals surface area contributed by atoms with Crippen molar-refractivity contribution >= 4 is 17.6 Å². The summed E-state index contributed by atoms with van der Waals surface area (Å²) >= 11 is 5.76. The van der Waals surface area contributed by atoms with Crippen LogP contribution in [0.1, 0.15) is 16.1 Å². The van der Waals surface area contributed by atoms with Crippen molar-refractivity contribution in [2.75, 3.05) is 0 Å². The summed E-state index contributed by atoms with van der Waals surface area (Å²) in [6.45, 7) is -0.0972. The SMILES string of the molecule is O=C(O)c1ccoc1COc1ccc(F)cc1Cl. The fourth-order valence-corrected chi connectivity index (χ4v) is 1.60. The molecule has 0 spiro atoms. The Balaban J connectivity index is 2.11. The minimum atomic E-state index is -1.10. The molecular formula is C12H8ClFO4. The predicted octanol–water partition coefficient (Wildman–Crippen LogP) is 3.35. The minimum Gasteiger partial charge on any atom is -0.484 e. The molecule has 1 N–H and O–H groups in total. The third-order valence-corrected chi connectivity index (χ3v) is 2.52. The van der Waals surface area contributed by atoms with Crippen molar-refractivity contribution in [3.63, 3.8) is 0 Å². The summed E-state index contributed by atoms with van der Waals surface area (Å²) in [6, 6.07) is 4.99. The Kier molecular flexibility index (Phi) is 3.53. The number of benzene rings is 1. The number of furan rings is 1. The molecular weight excluding hydrogens is 263 g/mol. The van der Waals surface area contributed by atoms with E-state index in [1.807, 2.05) is 0 Å². The molecule has 94 valence electrons. The van der Waals surface area contributed by atoms with Crippen LogP contribution in [0, 0.1) is 5.82 Å². The second kappa shape index (κ2) is 5.10. The number of hydrogen-bond acceptors (Lipinski definition) is 3. The molecule has 0 aliphatic rings. The summed E-state index contributed by atoms with van der Waals surface area (Å²) in [5.41, 5.74) is 0.0215. The summed E-state index contributed by atoms with van der Waals surface area (Å²) < 4.78 is 23.1. The largest absolute Gasteiger partial charge is 0.484 e. The van der Waals surface area contributed by atoms with Gasteiger partial charge in [0.25, 0.3) is 0 Å². The molecule has 0 radical (unpaired) electrons. The molecule has 1 heterocycles. The Morgan fingerprint density at radius 1 is 1.44 bits per heavy atom. The first-order chi connectivity index (χ1) is 8.58. The average molecular weight is 271 g/mol.